The van der Waals surface area contributed by atoms with E-state index in [-0.39, 0.29) is 5.69 Å². The average molecular weight is 274 g/mol. The summed E-state index contributed by atoms with van der Waals surface area (Å²) in [6, 6.07) is 8.22. The zero-order chi connectivity index (χ0) is 14.5. The van der Waals surface area contributed by atoms with Gasteiger partial charge in [-0.1, -0.05) is 0 Å². The lowest BCUT2D eigenvalue weighted by Gasteiger charge is -2.09. The standard InChI is InChI=1S/C14H14N2O4/c1-18-9-4-6-13(11(15)7-9)20-10-3-5-12(16-8-10)14(17)19-2/h3-8H,15H2,1-2H3. The Labute approximate surface area is 116 Å². The SMILES string of the molecule is COC(=O)c1ccc(Oc2ccc(OC)cc2N)cn1. The molecular formula is C14H14N2O4. The van der Waals surface area contributed by atoms with E-state index in [0.717, 1.165) is 0 Å². The summed E-state index contributed by atoms with van der Waals surface area (Å²) in [4.78, 5) is 15.2. The van der Waals surface area contributed by atoms with Crippen molar-refractivity contribution in [1.82, 2.24) is 4.98 Å². The predicted molar refractivity (Wildman–Crippen MR) is 73.1 cm³/mol. The van der Waals surface area contributed by atoms with Crippen LogP contribution in [0.15, 0.2) is 36.5 Å². The molecule has 0 saturated carbocycles. The summed E-state index contributed by atoms with van der Waals surface area (Å²) in [5, 5.41) is 0. The van der Waals surface area contributed by atoms with Gasteiger partial charge in [0, 0.05) is 6.07 Å². The molecule has 0 spiro atoms. The van der Waals surface area contributed by atoms with E-state index in [1.54, 1.807) is 31.4 Å². The van der Waals surface area contributed by atoms with Crippen molar-refractivity contribution in [3.63, 3.8) is 0 Å². The number of benzene rings is 1. The number of methoxy groups -OCH3 is 2. The maximum Gasteiger partial charge on any atom is 0.356 e. The van der Waals surface area contributed by atoms with E-state index in [0.29, 0.717) is 22.9 Å². The smallest absolute Gasteiger partial charge is 0.356 e. The van der Waals surface area contributed by atoms with Crippen LogP contribution in [-0.4, -0.2) is 25.2 Å². The van der Waals surface area contributed by atoms with E-state index < -0.39 is 5.97 Å². The molecule has 6 nitrogen and oxygen atoms in total. The summed E-state index contributed by atoms with van der Waals surface area (Å²) in [6.07, 6.45) is 1.43. The van der Waals surface area contributed by atoms with Gasteiger partial charge < -0.3 is 19.9 Å². The highest BCUT2D eigenvalue weighted by molar-refractivity contribution is 5.87. The van der Waals surface area contributed by atoms with Gasteiger partial charge in [-0.3, -0.25) is 0 Å². The molecule has 104 valence electrons. The Bertz CT molecular complexity index is 611. The first-order valence-electron chi connectivity index (χ1n) is 5.79. The first-order chi connectivity index (χ1) is 9.63. The summed E-state index contributed by atoms with van der Waals surface area (Å²) in [5.41, 5.74) is 6.50. The van der Waals surface area contributed by atoms with Crippen LogP contribution in [0.3, 0.4) is 0 Å². The van der Waals surface area contributed by atoms with Gasteiger partial charge in [0.2, 0.25) is 0 Å². The molecule has 20 heavy (non-hydrogen) atoms. The molecule has 0 aliphatic carbocycles. The zero-order valence-corrected chi connectivity index (χ0v) is 11.1. The number of nitrogen functional groups attached to an aromatic ring is 1. The van der Waals surface area contributed by atoms with Crippen LogP contribution in [0, 0.1) is 0 Å². The Kier molecular flexibility index (Phi) is 4.05. The molecule has 0 aliphatic heterocycles. The van der Waals surface area contributed by atoms with E-state index in [2.05, 4.69) is 9.72 Å². The zero-order valence-electron chi connectivity index (χ0n) is 11.1. The maximum atomic E-state index is 11.2. The van der Waals surface area contributed by atoms with Crippen molar-refractivity contribution in [2.75, 3.05) is 20.0 Å². The quantitative estimate of drug-likeness (QED) is 0.680. The molecule has 0 bridgehead atoms. The van der Waals surface area contributed by atoms with Crippen LogP contribution in [0.1, 0.15) is 10.5 Å². The second-order valence-corrected chi connectivity index (χ2v) is 3.88. The normalized spacial score (nSPS) is 9.90. The lowest BCUT2D eigenvalue weighted by atomic mass is 10.3. The Morgan fingerprint density at radius 1 is 1.15 bits per heavy atom. The fourth-order valence-corrected chi connectivity index (χ4v) is 1.54. The predicted octanol–water partition coefficient (Wildman–Crippen LogP) is 2.25. The number of aromatic nitrogens is 1. The molecule has 0 aliphatic rings. The topological polar surface area (TPSA) is 83.7 Å². The average Bonchev–Trinajstić information content (AvgIpc) is 2.49. The van der Waals surface area contributed by atoms with Crippen molar-refractivity contribution in [2.24, 2.45) is 0 Å². The van der Waals surface area contributed by atoms with Crippen LogP contribution in [-0.2, 0) is 4.74 Å². The van der Waals surface area contributed by atoms with E-state index in [1.165, 1.54) is 19.4 Å². The van der Waals surface area contributed by atoms with Gasteiger partial charge in [0.25, 0.3) is 0 Å². The Balaban J connectivity index is 2.16. The lowest BCUT2D eigenvalue weighted by molar-refractivity contribution is 0.0594. The van der Waals surface area contributed by atoms with Crippen LogP contribution < -0.4 is 15.2 Å². The summed E-state index contributed by atoms with van der Waals surface area (Å²) in [6.45, 7) is 0. The van der Waals surface area contributed by atoms with Crippen LogP contribution in [0.5, 0.6) is 17.2 Å². The van der Waals surface area contributed by atoms with Crippen molar-refractivity contribution >= 4 is 11.7 Å². The maximum absolute atomic E-state index is 11.2. The number of nitrogens with zero attached hydrogens (tertiary/aromatic N) is 1. The second kappa shape index (κ2) is 5.92. The number of ether oxygens (including phenoxy) is 3. The summed E-state index contributed by atoms with van der Waals surface area (Å²) < 4.78 is 15.2. The minimum atomic E-state index is -0.500. The third-order valence-electron chi connectivity index (χ3n) is 2.58. The van der Waals surface area contributed by atoms with Gasteiger partial charge in [0.05, 0.1) is 26.1 Å². The minimum absolute atomic E-state index is 0.211. The van der Waals surface area contributed by atoms with Crippen LogP contribution >= 0.6 is 0 Å². The Hall–Kier alpha value is -2.76. The van der Waals surface area contributed by atoms with Gasteiger partial charge in [-0.05, 0) is 24.3 Å². The van der Waals surface area contributed by atoms with E-state index in [9.17, 15) is 4.79 Å². The van der Waals surface area contributed by atoms with Crippen molar-refractivity contribution in [1.29, 1.82) is 0 Å². The van der Waals surface area contributed by atoms with Gasteiger partial charge in [-0.2, -0.15) is 0 Å². The second-order valence-electron chi connectivity index (χ2n) is 3.88. The largest absolute Gasteiger partial charge is 0.497 e. The molecule has 0 unspecified atom stereocenters. The third-order valence-corrected chi connectivity index (χ3v) is 2.58. The van der Waals surface area contributed by atoms with Crippen molar-refractivity contribution < 1.29 is 19.0 Å². The highest BCUT2D eigenvalue weighted by Crippen LogP contribution is 2.30. The van der Waals surface area contributed by atoms with Crippen molar-refractivity contribution in [3.05, 3.63) is 42.2 Å². The highest BCUT2D eigenvalue weighted by atomic mass is 16.5. The van der Waals surface area contributed by atoms with Gasteiger partial charge in [0.1, 0.15) is 17.2 Å². The summed E-state index contributed by atoms with van der Waals surface area (Å²) in [5.74, 6) is 1.10. The molecule has 0 radical (unpaired) electrons. The Morgan fingerprint density at radius 3 is 2.45 bits per heavy atom. The van der Waals surface area contributed by atoms with Gasteiger partial charge in [-0.25, -0.2) is 9.78 Å². The van der Waals surface area contributed by atoms with Gasteiger partial charge in [-0.15, -0.1) is 0 Å². The molecule has 0 fully saturated rings. The number of hydrogen-bond acceptors (Lipinski definition) is 6. The molecular weight excluding hydrogens is 260 g/mol. The lowest BCUT2D eigenvalue weighted by Crippen LogP contribution is -2.03. The number of esters is 1. The minimum Gasteiger partial charge on any atom is -0.497 e. The van der Waals surface area contributed by atoms with Gasteiger partial charge in [0.15, 0.2) is 5.75 Å². The Morgan fingerprint density at radius 2 is 1.90 bits per heavy atom. The highest BCUT2D eigenvalue weighted by Gasteiger charge is 2.08. The number of carbonyl (C=O) groups excluding carboxylic acids is 1. The number of nitrogens with two attached hydrogens (primary N) is 1. The molecule has 6 heteroatoms. The monoisotopic (exact) mass is 274 g/mol. The molecule has 0 saturated heterocycles. The molecule has 1 aromatic heterocycles. The van der Waals surface area contributed by atoms with Crippen LogP contribution in [0.25, 0.3) is 0 Å². The molecule has 1 aromatic carbocycles. The molecule has 2 N–H and O–H groups in total. The van der Waals surface area contributed by atoms with Crippen molar-refractivity contribution in [2.45, 2.75) is 0 Å². The van der Waals surface area contributed by atoms with Crippen LogP contribution in [0.4, 0.5) is 5.69 Å². The van der Waals surface area contributed by atoms with Gasteiger partial charge >= 0.3 is 5.97 Å². The summed E-state index contributed by atoms with van der Waals surface area (Å²) >= 11 is 0. The first-order valence-corrected chi connectivity index (χ1v) is 5.79. The molecule has 0 amide bonds. The van der Waals surface area contributed by atoms with E-state index in [4.69, 9.17) is 15.2 Å². The molecule has 0 atom stereocenters. The van der Waals surface area contributed by atoms with E-state index >= 15 is 0 Å². The van der Waals surface area contributed by atoms with Crippen molar-refractivity contribution in [3.8, 4) is 17.2 Å². The fraction of sp³-hybridized carbons (Fsp3) is 0.143. The van der Waals surface area contributed by atoms with E-state index in [1.807, 2.05) is 0 Å². The number of carbonyl (C=O) groups is 1. The number of pyridine rings is 1. The molecule has 2 rings (SSSR count). The molecule has 2 aromatic rings. The third kappa shape index (κ3) is 2.97. The number of anilines is 1. The number of rotatable bonds is 4. The molecule has 1 heterocycles. The fourth-order valence-electron chi connectivity index (χ4n) is 1.54. The summed E-state index contributed by atoms with van der Waals surface area (Å²) in [7, 11) is 2.86. The first kappa shape index (κ1) is 13.7. The number of hydrogen-bond donors (Lipinski definition) is 1. The van der Waals surface area contributed by atoms with Crippen LogP contribution in [0.2, 0.25) is 0 Å².